The molecule has 0 atom stereocenters. The summed E-state index contributed by atoms with van der Waals surface area (Å²) in [6.07, 6.45) is -4.67. The molecule has 2 amide bonds. The van der Waals surface area contributed by atoms with E-state index in [1.54, 1.807) is 6.92 Å². The highest BCUT2D eigenvalue weighted by molar-refractivity contribution is 6.30. The molecule has 0 spiro atoms. The number of alkyl halides is 3. The van der Waals surface area contributed by atoms with E-state index in [1.165, 1.54) is 24.1 Å². The van der Waals surface area contributed by atoms with Crippen molar-refractivity contribution in [2.24, 2.45) is 0 Å². The molecule has 0 unspecified atom stereocenters. The number of nitrogens with one attached hydrogen (secondary N) is 2. The summed E-state index contributed by atoms with van der Waals surface area (Å²) in [6.45, 7) is 1.18. The maximum absolute atomic E-state index is 13.0. The zero-order valence-electron chi connectivity index (χ0n) is 14.4. The van der Waals surface area contributed by atoms with E-state index in [4.69, 9.17) is 16.1 Å². The van der Waals surface area contributed by atoms with Gasteiger partial charge in [0.25, 0.3) is 0 Å². The first kappa shape index (κ1) is 20.7. The van der Waals surface area contributed by atoms with Crippen molar-refractivity contribution in [2.75, 3.05) is 30.8 Å². The third kappa shape index (κ3) is 6.26. The number of likely N-dealkylation sites (N-methyl/N-ethyl adjacent to an activating group) is 1. The summed E-state index contributed by atoms with van der Waals surface area (Å²) in [5.74, 6) is -0.427. The lowest BCUT2D eigenvalue weighted by molar-refractivity contribution is -0.137. The molecule has 0 bridgehead atoms. The Bertz CT molecular complexity index is 839. The number of hydrogen-bond donors (Lipinski definition) is 2. The Hall–Kier alpha value is -2.59. The maximum Gasteiger partial charge on any atom is 0.418 e. The fourth-order valence-electron chi connectivity index (χ4n) is 2.20. The van der Waals surface area contributed by atoms with Gasteiger partial charge >= 0.3 is 6.18 Å². The normalized spacial score (nSPS) is 11.5. The highest BCUT2D eigenvalue weighted by Gasteiger charge is 2.34. The van der Waals surface area contributed by atoms with E-state index in [0.29, 0.717) is 5.76 Å². The number of anilines is 2. The van der Waals surface area contributed by atoms with Crippen LogP contribution in [0, 0.1) is 6.92 Å². The fraction of sp³-hybridized carbons (Fsp3) is 0.312. The average molecular weight is 405 g/mol. The van der Waals surface area contributed by atoms with Crippen LogP contribution in [0.15, 0.2) is 28.8 Å². The standard InChI is InChI=1S/C16H16ClF3N4O3/c1-9-5-13(23-27-9)22-15(26)8-24(2)7-14(25)21-12-4-3-10(17)6-11(12)16(18,19)20/h3-6H,7-8H2,1-2H3,(H,21,25)(H,22,23,26). The largest absolute Gasteiger partial charge is 0.418 e. The third-order valence-corrected chi connectivity index (χ3v) is 3.52. The predicted octanol–water partition coefficient (Wildman–Crippen LogP) is 3.16. The smallest absolute Gasteiger partial charge is 0.360 e. The molecule has 1 aromatic carbocycles. The van der Waals surface area contributed by atoms with Crippen molar-refractivity contribution in [2.45, 2.75) is 13.1 Å². The Morgan fingerprint density at radius 3 is 2.37 bits per heavy atom. The van der Waals surface area contributed by atoms with Crippen molar-refractivity contribution in [1.29, 1.82) is 0 Å². The summed E-state index contributed by atoms with van der Waals surface area (Å²) in [5, 5.41) is 8.15. The summed E-state index contributed by atoms with van der Waals surface area (Å²) in [7, 11) is 1.47. The molecule has 0 aliphatic rings. The molecule has 0 fully saturated rings. The lowest BCUT2D eigenvalue weighted by atomic mass is 10.1. The average Bonchev–Trinajstić information content (AvgIpc) is 2.92. The number of carbonyl (C=O) groups excluding carboxylic acids is 2. The van der Waals surface area contributed by atoms with Crippen LogP contribution in [0.25, 0.3) is 0 Å². The first-order valence-corrected chi connectivity index (χ1v) is 8.00. The molecule has 27 heavy (non-hydrogen) atoms. The second-order valence-corrected chi connectivity index (χ2v) is 6.22. The SMILES string of the molecule is Cc1cc(NC(=O)CN(C)CC(=O)Nc2ccc(Cl)cc2C(F)(F)F)no1. The summed E-state index contributed by atoms with van der Waals surface area (Å²) < 4.78 is 43.9. The topological polar surface area (TPSA) is 87.5 Å². The van der Waals surface area contributed by atoms with Crippen LogP contribution in [0.4, 0.5) is 24.7 Å². The van der Waals surface area contributed by atoms with Gasteiger partial charge in [-0.15, -0.1) is 0 Å². The molecule has 146 valence electrons. The molecule has 0 aliphatic carbocycles. The summed E-state index contributed by atoms with van der Waals surface area (Å²) in [6, 6.07) is 4.56. The van der Waals surface area contributed by atoms with E-state index in [0.717, 1.165) is 12.1 Å². The van der Waals surface area contributed by atoms with E-state index >= 15 is 0 Å². The van der Waals surface area contributed by atoms with Crippen LogP contribution in [0.1, 0.15) is 11.3 Å². The number of carbonyl (C=O) groups is 2. The molecule has 0 saturated carbocycles. The Kier molecular flexibility index (Phi) is 6.45. The van der Waals surface area contributed by atoms with Gasteiger partial charge in [0.2, 0.25) is 11.8 Å². The number of hydrogen-bond acceptors (Lipinski definition) is 5. The van der Waals surface area contributed by atoms with Crippen molar-refractivity contribution in [3.05, 3.63) is 40.6 Å². The van der Waals surface area contributed by atoms with E-state index in [-0.39, 0.29) is 23.9 Å². The van der Waals surface area contributed by atoms with Crippen LogP contribution in [-0.4, -0.2) is 42.0 Å². The predicted molar refractivity (Wildman–Crippen MR) is 92.5 cm³/mol. The molecular formula is C16H16ClF3N4O3. The second-order valence-electron chi connectivity index (χ2n) is 5.78. The molecule has 11 heteroatoms. The number of halogens is 4. The third-order valence-electron chi connectivity index (χ3n) is 3.28. The van der Waals surface area contributed by atoms with E-state index in [2.05, 4.69) is 15.8 Å². The van der Waals surface area contributed by atoms with Gasteiger partial charge in [0.1, 0.15) is 5.76 Å². The van der Waals surface area contributed by atoms with Crippen LogP contribution in [0.2, 0.25) is 5.02 Å². The number of nitrogens with zero attached hydrogens (tertiary/aromatic N) is 2. The Labute approximate surface area is 157 Å². The first-order valence-electron chi connectivity index (χ1n) is 7.63. The molecule has 1 aromatic heterocycles. The molecule has 0 saturated heterocycles. The fourth-order valence-corrected chi connectivity index (χ4v) is 2.38. The Morgan fingerprint density at radius 2 is 1.81 bits per heavy atom. The first-order chi connectivity index (χ1) is 12.5. The monoisotopic (exact) mass is 404 g/mol. The van der Waals surface area contributed by atoms with E-state index in [9.17, 15) is 22.8 Å². The lowest BCUT2D eigenvalue weighted by Crippen LogP contribution is -2.36. The molecule has 2 aromatic rings. The van der Waals surface area contributed by atoms with Crippen molar-refractivity contribution in [1.82, 2.24) is 10.1 Å². The quantitative estimate of drug-likeness (QED) is 0.772. The number of aromatic nitrogens is 1. The van der Waals surface area contributed by atoms with Gasteiger partial charge in [0.15, 0.2) is 5.82 Å². The molecule has 2 N–H and O–H groups in total. The molecule has 0 aliphatic heterocycles. The Morgan fingerprint density at radius 1 is 1.19 bits per heavy atom. The number of amides is 2. The van der Waals surface area contributed by atoms with Crippen molar-refractivity contribution < 1.29 is 27.3 Å². The summed E-state index contributed by atoms with van der Waals surface area (Å²) in [4.78, 5) is 25.2. The highest BCUT2D eigenvalue weighted by Crippen LogP contribution is 2.36. The second kappa shape index (κ2) is 8.40. The summed E-state index contributed by atoms with van der Waals surface area (Å²) in [5.41, 5.74) is -1.46. The molecule has 2 rings (SSSR count). The van der Waals surface area contributed by atoms with Gasteiger partial charge in [-0.2, -0.15) is 13.2 Å². The van der Waals surface area contributed by atoms with E-state index in [1.807, 2.05) is 0 Å². The zero-order valence-corrected chi connectivity index (χ0v) is 15.1. The van der Waals surface area contributed by atoms with Gasteiger partial charge in [-0.3, -0.25) is 14.5 Å². The highest BCUT2D eigenvalue weighted by atomic mass is 35.5. The zero-order chi connectivity index (χ0) is 20.2. The van der Waals surface area contributed by atoms with Crippen LogP contribution >= 0.6 is 11.6 Å². The number of benzene rings is 1. The Balaban J connectivity index is 1.92. The van der Waals surface area contributed by atoms with Gasteiger partial charge in [0.05, 0.1) is 24.3 Å². The number of aryl methyl sites for hydroxylation is 1. The van der Waals surface area contributed by atoms with Gasteiger partial charge in [-0.05, 0) is 32.2 Å². The van der Waals surface area contributed by atoms with Gasteiger partial charge in [-0.25, -0.2) is 0 Å². The molecule has 0 radical (unpaired) electrons. The van der Waals surface area contributed by atoms with Crippen LogP contribution < -0.4 is 10.6 Å². The van der Waals surface area contributed by atoms with Crippen LogP contribution in [0.5, 0.6) is 0 Å². The van der Waals surface area contributed by atoms with Crippen molar-refractivity contribution >= 4 is 34.9 Å². The van der Waals surface area contributed by atoms with E-state index < -0.39 is 29.2 Å². The lowest BCUT2D eigenvalue weighted by Gasteiger charge is -2.17. The van der Waals surface area contributed by atoms with Crippen molar-refractivity contribution in [3.63, 3.8) is 0 Å². The maximum atomic E-state index is 13.0. The molecular weight excluding hydrogens is 389 g/mol. The summed E-state index contributed by atoms with van der Waals surface area (Å²) >= 11 is 5.59. The molecule has 1 heterocycles. The van der Waals surface area contributed by atoms with Crippen molar-refractivity contribution in [3.8, 4) is 0 Å². The minimum atomic E-state index is -4.67. The van der Waals surface area contributed by atoms with Gasteiger partial charge in [-0.1, -0.05) is 16.8 Å². The molecule has 7 nitrogen and oxygen atoms in total. The van der Waals surface area contributed by atoms with Crippen LogP contribution in [-0.2, 0) is 15.8 Å². The van der Waals surface area contributed by atoms with Crippen LogP contribution in [0.3, 0.4) is 0 Å². The minimum absolute atomic E-state index is 0.0998. The number of rotatable bonds is 6. The van der Waals surface area contributed by atoms with Gasteiger partial charge in [0, 0.05) is 11.1 Å². The minimum Gasteiger partial charge on any atom is -0.360 e. The van der Waals surface area contributed by atoms with Gasteiger partial charge < -0.3 is 15.2 Å².